The van der Waals surface area contributed by atoms with Crippen LogP contribution in [-0.4, -0.2) is 4.98 Å². The lowest BCUT2D eigenvalue weighted by Crippen LogP contribution is -2.22. The molecule has 56 valence electrons. The summed E-state index contributed by atoms with van der Waals surface area (Å²) in [5.41, 5.74) is 3.98. The molecule has 0 saturated heterocycles. The minimum atomic E-state index is 0.0485. The molecular formula is C9H9NO. The SMILES string of the molecule is C=C1Cc2c1cc(C)[nH]c2=O. The van der Waals surface area contributed by atoms with Gasteiger partial charge in [0, 0.05) is 17.7 Å². The quantitative estimate of drug-likeness (QED) is 0.588. The van der Waals surface area contributed by atoms with Crippen molar-refractivity contribution in [3.8, 4) is 0 Å². The van der Waals surface area contributed by atoms with Crippen molar-refractivity contribution in [3.63, 3.8) is 0 Å². The van der Waals surface area contributed by atoms with Gasteiger partial charge in [-0.15, -0.1) is 0 Å². The Morgan fingerprint density at radius 2 is 2.36 bits per heavy atom. The van der Waals surface area contributed by atoms with E-state index in [0.717, 1.165) is 28.8 Å². The van der Waals surface area contributed by atoms with Crippen molar-refractivity contribution in [3.05, 3.63) is 39.8 Å². The first kappa shape index (κ1) is 6.40. The largest absolute Gasteiger partial charge is 0.326 e. The van der Waals surface area contributed by atoms with E-state index in [0.29, 0.717) is 0 Å². The van der Waals surface area contributed by atoms with Crippen molar-refractivity contribution >= 4 is 5.57 Å². The molecule has 1 heterocycles. The molecule has 0 aromatic carbocycles. The van der Waals surface area contributed by atoms with Gasteiger partial charge in [0.05, 0.1) is 0 Å². The Bertz CT molecular complexity index is 387. The van der Waals surface area contributed by atoms with E-state index < -0.39 is 0 Å². The fourth-order valence-electron chi connectivity index (χ4n) is 1.41. The average molecular weight is 147 g/mol. The van der Waals surface area contributed by atoms with Crippen LogP contribution in [-0.2, 0) is 6.42 Å². The molecule has 1 aromatic rings. The molecule has 1 aliphatic rings. The summed E-state index contributed by atoms with van der Waals surface area (Å²) in [6.45, 7) is 5.71. The predicted molar refractivity (Wildman–Crippen MR) is 44.5 cm³/mol. The molecule has 0 amide bonds. The van der Waals surface area contributed by atoms with Gasteiger partial charge in [-0.25, -0.2) is 0 Å². The molecule has 0 unspecified atom stereocenters. The summed E-state index contributed by atoms with van der Waals surface area (Å²) in [5.74, 6) is 0. The third kappa shape index (κ3) is 0.755. The van der Waals surface area contributed by atoms with Gasteiger partial charge in [0.25, 0.3) is 5.56 Å². The number of rotatable bonds is 0. The maximum Gasteiger partial charge on any atom is 0.252 e. The van der Waals surface area contributed by atoms with Gasteiger partial charge in [0.2, 0.25) is 0 Å². The topological polar surface area (TPSA) is 32.9 Å². The molecule has 0 radical (unpaired) electrons. The van der Waals surface area contributed by atoms with Gasteiger partial charge in [0.1, 0.15) is 0 Å². The molecule has 0 saturated carbocycles. The third-order valence-electron chi connectivity index (χ3n) is 2.04. The van der Waals surface area contributed by atoms with Crippen LogP contribution in [0.1, 0.15) is 16.8 Å². The Labute approximate surface area is 64.6 Å². The molecule has 0 atom stereocenters. The molecule has 2 heteroatoms. The Morgan fingerprint density at radius 1 is 1.64 bits per heavy atom. The van der Waals surface area contributed by atoms with Crippen LogP contribution in [0.2, 0.25) is 0 Å². The normalized spacial score (nSPS) is 14.1. The molecule has 2 nitrogen and oxygen atoms in total. The molecule has 0 spiro atoms. The van der Waals surface area contributed by atoms with Crippen LogP contribution in [0.15, 0.2) is 17.4 Å². The van der Waals surface area contributed by atoms with Crippen molar-refractivity contribution in [2.24, 2.45) is 0 Å². The second kappa shape index (κ2) is 1.84. The van der Waals surface area contributed by atoms with E-state index in [2.05, 4.69) is 11.6 Å². The van der Waals surface area contributed by atoms with E-state index in [9.17, 15) is 4.79 Å². The van der Waals surface area contributed by atoms with Gasteiger partial charge < -0.3 is 4.98 Å². The number of hydrogen-bond acceptors (Lipinski definition) is 1. The molecule has 0 aliphatic heterocycles. The predicted octanol–water partition coefficient (Wildman–Crippen LogP) is 1.25. The molecule has 0 bridgehead atoms. The lowest BCUT2D eigenvalue weighted by molar-refractivity contribution is 1.02. The summed E-state index contributed by atoms with van der Waals surface area (Å²) in [4.78, 5) is 13.9. The van der Waals surface area contributed by atoms with Gasteiger partial charge in [-0.3, -0.25) is 4.79 Å². The van der Waals surface area contributed by atoms with E-state index in [1.54, 1.807) is 0 Å². The summed E-state index contributed by atoms with van der Waals surface area (Å²) >= 11 is 0. The number of hydrogen-bond donors (Lipinski definition) is 1. The van der Waals surface area contributed by atoms with Crippen LogP contribution in [0.3, 0.4) is 0 Å². The summed E-state index contributed by atoms with van der Waals surface area (Å²) in [7, 11) is 0. The van der Waals surface area contributed by atoms with Gasteiger partial charge in [-0.05, 0) is 24.1 Å². The number of fused-ring (bicyclic) bond motifs is 1. The van der Waals surface area contributed by atoms with Gasteiger partial charge in [-0.1, -0.05) is 6.58 Å². The standard InChI is InChI=1S/C9H9NO/c1-5-3-8-7(5)4-6(2)10-9(8)11/h4H,1,3H2,2H3,(H,10,11). The van der Waals surface area contributed by atoms with Crippen LogP contribution in [0.25, 0.3) is 5.57 Å². The molecule has 1 aromatic heterocycles. The van der Waals surface area contributed by atoms with Crippen LogP contribution in [0.4, 0.5) is 0 Å². The number of aryl methyl sites for hydroxylation is 1. The first-order chi connectivity index (χ1) is 5.18. The Kier molecular flexibility index (Phi) is 1.07. The maximum absolute atomic E-state index is 11.2. The van der Waals surface area contributed by atoms with Crippen molar-refractivity contribution in [2.75, 3.05) is 0 Å². The Hall–Kier alpha value is -1.31. The van der Waals surface area contributed by atoms with Crippen molar-refractivity contribution < 1.29 is 0 Å². The van der Waals surface area contributed by atoms with E-state index in [4.69, 9.17) is 0 Å². The number of H-pyrrole nitrogens is 1. The zero-order valence-corrected chi connectivity index (χ0v) is 6.40. The fourth-order valence-corrected chi connectivity index (χ4v) is 1.41. The molecule has 0 fully saturated rings. The van der Waals surface area contributed by atoms with E-state index in [1.807, 2.05) is 13.0 Å². The van der Waals surface area contributed by atoms with E-state index >= 15 is 0 Å². The fraction of sp³-hybridized carbons (Fsp3) is 0.222. The zero-order chi connectivity index (χ0) is 8.01. The number of nitrogens with one attached hydrogen (secondary N) is 1. The smallest absolute Gasteiger partial charge is 0.252 e. The van der Waals surface area contributed by atoms with Gasteiger partial charge >= 0.3 is 0 Å². The third-order valence-corrected chi connectivity index (χ3v) is 2.04. The summed E-state index contributed by atoms with van der Waals surface area (Å²) < 4.78 is 0. The van der Waals surface area contributed by atoms with Crippen molar-refractivity contribution in [1.29, 1.82) is 0 Å². The lowest BCUT2D eigenvalue weighted by Gasteiger charge is -2.20. The number of pyridine rings is 1. The molecular weight excluding hydrogens is 138 g/mol. The highest BCUT2D eigenvalue weighted by atomic mass is 16.1. The van der Waals surface area contributed by atoms with Crippen LogP contribution < -0.4 is 5.56 Å². The van der Waals surface area contributed by atoms with Gasteiger partial charge in [-0.2, -0.15) is 0 Å². The number of aromatic amines is 1. The van der Waals surface area contributed by atoms with Crippen LogP contribution in [0, 0.1) is 6.92 Å². The maximum atomic E-state index is 11.2. The Balaban J connectivity index is 2.77. The minimum absolute atomic E-state index is 0.0485. The highest BCUT2D eigenvalue weighted by molar-refractivity contribution is 5.77. The zero-order valence-electron chi connectivity index (χ0n) is 6.40. The van der Waals surface area contributed by atoms with E-state index in [-0.39, 0.29) is 5.56 Å². The van der Waals surface area contributed by atoms with Gasteiger partial charge in [0.15, 0.2) is 0 Å². The molecule has 1 aliphatic carbocycles. The highest BCUT2D eigenvalue weighted by Gasteiger charge is 2.20. The number of aromatic nitrogens is 1. The van der Waals surface area contributed by atoms with Crippen molar-refractivity contribution in [1.82, 2.24) is 4.98 Å². The lowest BCUT2D eigenvalue weighted by atomic mass is 9.85. The van der Waals surface area contributed by atoms with Crippen molar-refractivity contribution in [2.45, 2.75) is 13.3 Å². The highest BCUT2D eigenvalue weighted by Crippen LogP contribution is 2.29. The van der Waals surface area contributed by atoms with Crippen LogP contribution in [0.5, 0.6) is 0 Å². The number of allylic oxidation sites excluding steroid dienone is 1. The monoisotopic (exact) mass is 147 g/mol. The summed E-state index contributed by atoms with van der Waals surface area (Å²) in [6.07, 6.45) is 0.755. The first-order valence-corrected chi connectivity index (χ1v) is 3.59. The second-order valence-corrected chi connectivity index (χ2v) is 2.95. The molecule has 2 rings (SSSR count). The first-order valence-electron chi connectivity index (χ1n) is 3.59. The molecule has 1 N–H and O–H groups in total. The minimum Gasteiger partial charge on any atom is -0.326 e. The van der Waals surface area contributed by atoms with E-state index in [1.165, 1.54) is 0 Å². The second-order valence-electron chi connectivity index (χ2n) is 2.95. The Morgan fingerprint density at radius 3 is 3.00 bits per heavy atom. The average Bonchev–Trinajstić information content (AvgIpc) is 1.93. The van der Waals surface area contributed by atoms with Crippen LogP contribution >= 0.6 is 0 Å². The summed E-state index contributed by atoms with van der Waals surface area (Å²) in [5, 5.41) is 0. The molecule has 11 heavy (non-hydrogen) atoms. The summed E-state index contributed by atoms with van der Waals surface area (Å²) in [6, 6.07) is 1.97.